The molecule has 0 aliphatic heterocycles. The van der Waals surface area contributed by atoms with E-state index in [4.69, 9.17) is 16.7 Å². The Kier molecular flexibility index (Phi) is 3.19. The van der Waals surface area contributed by atoms with E-state index in [-0.39, 0.29) is 5.56 Å². The minimum atomic E-state index is -0.998. The Bertz CT molecular complexity index is 811. The summed E-state index contributed by atoms with van der Waals surface area (Å²) in [5, 5.41) is 13.8. The minimum Gasteiger partial charge on any atom is -0.478 e. The number of benzene rings is 1. The maximum absolute atomic E-state index is 10.9. The predicted octanol–water partition coefficient (Wildman–Crippen LogP) is 3.51. The molecular formula is C13H7BrClN3O2. The van der Waals surface area contributed by atoms with Crippen LogP contribution in [0.1, 0.15) is 10.4 Å². The molecule has 2 heterocycles. The molecule has 100 valence electrons. The molecule has 0 radical (unpaired) electrons. The summed E-state index contributed by atoms with van der Waals surface area (Å²) < 4.78 is 2.35. The average Bonchev–Trinajstić information content (AvgIpc) is 2.80. The van der Waals surface area contributed by atoms with Crippen LogP contribution in [0, 0.1) is 0 Å². The molecule has 7 heteroatoms. The van der Waals surface area contributed by atoms with Crippen LogP contribution in [0.3, 0.4) is 0 Å². The van der Waals surface area contributed by atoms with Gasteiger partial charge in [-0.1, -0.05) is 27.5 Å². The van der Waals surface area contributed by atoms with Crippen molar-refractivity contribution in [3.05, 3.63) is 51.6 Å². The highest BCUT2D eigenvalue weighted by atomic mass is 79.9. The Morgan fingerprint density at radius 3 is 2.80 bits per heavy atom. The van der Waals surface area contributed by atoms with Crippen molar-refractivity contribution in [1.29, 1.82) is 0 Å². The molecule has 5 nitrogen and oxygen atoms in total. The molecule has 1 aromatic carbocycles. The van der Waals surface area contributed by atoms with E-state index in [0.29, 0.717) is 16.5 Å². The molecule has 3 rings (SSSR count). The van der Waals surface area contributed by atoms with Crippen molar-refractivity contribution in [3.8, 4) is 11.4 Å². The fraction of sp³-hybridized carbons (Fsp3) is 0. The first kappa shape index (κ1) is 13.1. The molecule has 0 unspecified atom stereocenters. The number of carbonyl (C=O) groups is 1. The lowest BCUT2D eigenvalue weighted by Crippen LogP contribution is -1.97. The van der Waals surface area contributed by atoms with Gasteiger partial charge in [0.2, 0.25) is 0 Å². The van der Waals surface area contributed by atoms with E-state index < -0.39 is 5.97 Å². The van der Waals surface area contributed by atoms with Gasteiger partial charge in [0.1, 0.15) is 0 Å². The van der Waals surface area contributed by atoms with Crippen LogP contribution in [-0.2, 0) is 0 Å². The standard InChI is InChI=1S/C13H7BrClN3O2/c14-9-3-8(4-10(15)6-9)12-16-11-5-7(13(19)20)1-2-18(11)17-12/h1-6H,(H,19,20). The zero-order valence-corrected chi connectivity index (χ0v) is 12.3. The van der Waals surface area contributed by atoms with E-state index in [1.807, 2.05) is 6.07 Å². The van der Waals surface area contributed by atoms with Crippen molar-refractivity contribution >= 4 is 39.1 Å². The smallest absolute Gasteiger partial charge is 0.335 e. The first-order valence-corrected chi connectivity index (χ1v) is 6.76. The molecular weight excluding hydrogens is 346 g/mol. The Hall–Kier alpha value is -1.92. The second-order valence-corrected chi connectivity index (χ2v) is 5.47. The average molecular weight is 353 g/mol. The number of aromatic nitrogens is 3. The third-order valence-corrected chi connectivity index (χ3v) is 3.38. The van der Waals surface area contributed by atoms with Gasteiger partial charge in [0.25, 0.3) is 0 Å². The van der Waals surface area contributed by atoms with Gasteiger partial charge in [0.05, 0.1) is 5.56 Å². The molecule has 2 aromatic heterocycles. The first-order valence-electron chi connectivity index (χ1n) is 5.59. The van der Waals surface area contributed by atoms with E-state index in [1.54, 1.807) is 18.3 Å². The second kappa shape index (κ2) is 4.88. The highest BCUT2D eigenvalue weighted by molar-refractivity contribution is 9.10. The summed E-state index contributed by atoms with van der Waals surface area (Å²) in [5.74, 6) is -0.515. The van der Waals surface area contributed by atoms with Crippen molar-refractivity contribution in [2.24, 2.45) is 0 Å². The molecule has 0 fully saturated rings. The van der Waals surface area contributed by atoms with Gasteiger partial charge < -0.3 is 5.11 Å². The molecule has 0 aliphatic rings. The number of rotatable bonds is 2. The molecule has 0 atom stereocenters. The SMILES string of the molecule is O=C(O)c1ccn2nc(-c3cc(Cl)cc(Br)c3)nc2c1. The van der Waals surface area contributed by atoms with Crippen LogP contribution >= 0.6 is 27.5 Å². The largest absolute Gasteiger partial charge is 0.478 e. The topological polar surface area (TPSA) is 67.5 Å². The number of aromatic carboxylic acids is 1. The van der Waals surface area contributed by atoms with Gasteiger partial charge >= 0.3 is 5.97 Å². The summed E-state index contributed by atoms with van der Waals surface area (Å²) in [5.41, 5.74) is 1.39. The zero-order valence-electron chi connectivity index (χ0n) is 9.92. The number of pyridine rings is 1. The van der Waals surface area contributed by atoms with Crippen molar-refractivity contribution < 1.29 is 9.90 Å². The highest BCUT2D eigenvalue weighted by Crippen LogP contribution is 2.25. The Balaban J connectivity index is 2.15. The van der Waals surface area contributed by atoms with Crippen molar-refractivity contribution in [3.63, 3.8) is 0 Å². The van der Waals surface area contributed by atoms with E-state index >= 15 is 0 Å². The first-order chi connectivity index (χ1) is 9.52. The van der Waals surface area contributed by atoms with Gasteiger partial charge in [-0.25, -0.2) is 14.3 Å². The number of hydrogen-bond donors (Lipinski definition) is 1. The third kappa shape index (κ3) is 2.39. The minimum absolute atomic E-state index is 0.170. The van der Waals surface area contributed by atoms with E-state index in [0.717, 1.165) is 10.0 Å². The van der Waals surface area contributed by atoms with Gasteiger partial charge in [-0.3, -0.25) is 0 Å². The van der Waals surface area contributed by atoms with Crippen LogP contribution in [0.15, 0.2) is 41.0 Å². The second-order valence-electron chi connectivity index (χ2n) is 4.12. The lowest BCUT2D eigenvalue weighted by molar-refractivity contribution is 0.0697. The maximum Gasteiger partial charge on any atom is 0.335 e. The molecule has 0 saturated carbocycles. The number of fused-ring (bicyclic) bond motifs is 1. The summed E-state index contributed by atoms with van der Waals surface area (Å²) in [6.07, 6.45) is 1.56. The Labute approximate surface area is 127 Å². The molecule has 0 amide bonds. The van der Waals surface area contributed by atoms with Gasteiger partial charge in [-0.15, -0.1) is 5.10 Å². The molecule has 3 aromatic rings. The van der Waals surface area contributed by atoms with Gasteiger partial charge in [-0.2, -0.15) is 0 Å². The molecule has 0 spiro atoms. The van der Waals surface area contributed by atoms with Gasteiger partial charge in [-0.05, 0) is 30.3 Å². The van der Waals surface area contributed by atoms with Crippen LogP contribution in [0.2, 0.25) is 5.02 Å². The summed E-state index contributed by atoms with van der Waals surface area (Å²) in [6.45, 7) is 0. The monoisotopic (exact) mass is 351 g/mol. The zero-order chi connectivity index (χ0) is 14.3. The lowest BCUT2D eigenvalue weighted by atomic mass is 10.2. The van der Waals surface area contributed by atoms with Crippen LogP contribution < -0.4 is 0 Å². The highest BCUT2D eigenvalue weighted by Gasteiger charge is 2.10. The van der Waals surface area contributed by atoms with Crippen molar-refractivity contribution in [2.75, 3.05) is 0 Å². The predicted molar refractivity (Wildman–Crippen MR) is 78.1 cm³/mol. The van der Waals surface area contributed by atoms with E-state index in [2.05, 4.69) is 26.0 Å². The fourth-order valence-corrected chi connectivity index (χ4v) is 2.68. The van der Waals surface area contributed by atoms with Crippen molar-refractivity contribution in [2.45, 2.75) is 0 Å². The third-order valence-electron chi connectivity index (χ3n) is 2.71. The van der Waals surface area contributed by atoms with Crippen LogP contribution in [-0.4, -0.2) is 25.7 Å². The van der Waals surface area contributed by atoms with Gasteiger partial charge in [0.15, 0.2) is 11.5 Å². The van der Waals surface area contributed by atoms with Crippen LogP contribution in [0.25, 0.3) is 17.0 Å². The van der Waals surface area contributed by atoms with E-state index in [9.17, 15) is 4.79 Å². The lowest BCUT2D eigenvalue weighted by Gasteiger charge is -1.97. The number of nitrogens with zero attached hydrogens (tertiary/aromatic N) is 3. The summed E-state index contributed by atoms with van der Waals surface area (Å²) in [4.78, 5) is 15.2. The normalized spacial score (nSPS) is 10.9. The summed E-state index contributed by atoms with van der Waals surface area (Å²) in [7, 11) is 0. The fourth-order valence-electron chi connectivity index (χ4n) is 1.82. The molecule has 1 N–H and O–H groups in total. The summed E-state index contributed by atoms with van der Waals surface area (Å²) in [6, 6.07) is 8.31. The van der Waals surface area contributed by atoms with Crippen LogP contribution in [0.5, 0.6) is 0 Å². The van der Waals surface area contributed by atoms with E-state index in [1.165, 1.54) is 16.6 Å². The molecule has 0 saturated heterocycles. The molecule has 20 heavy (non-hydrogen) atoms. The van der Waals surface area contributed by atoms with Crippen LogP contribution in [0.4, 0.5) is 0 Å². The number of carboxylic acid groups (broad SMARTS) is 1. The Morgan fingerprint density at radius 2 is 2.10 bits per heavy atom. The maximum atomic E-state index is 10.9. The molecule has 0 aliphatic carbocycles. The number of halogens is 2. The summed E-state index contributed by atoms with van der Waals surface area (Å²) >= 11 is 9.36. The van der Waals surface area contributed by atoms with Crippen molar-refractivity contribution in [1.82, 2.24) is 14.6 Å². The van der Waals surface area contributed by atoms with Gasteiger partial charge in [0, 0.05) is 21.3 Å². The molecule has 0 bridgehead atoms. The number of hydrogen-bond acceptors (Lipinski definition) is 3. The Morgan fingerprint density at radius 1 is 1.30 bits per heavy atom. The number of carboxylic acids is 1. The quantitative estimate of drug-likeness (QED) is 0.766.